The summed E-state index contributed by atoms with van der Waals surface area (Å²) in [6, 6.07) is 17.0. The van der Waals surface area contributed by atoms with Crippen LogP contribution in [-0.2, 0) is 0 Å². The number of para-hydroxylation sites is 1. The van der Waals surface area contributed by atoms with Crippen molar-refractivity contribution < 1.29 is 9.47 Å². The quantitative estimate of drug-likeness (QED) is 0.569. The van der Waals surface area contributed by atoms with E-state index in [4.69, 9.17) is 15.2 Å². The Kier molecular flexibility index (Phi) is 5.88. The van der Waals surface area contributed by atoms with E-state index in [0.29, 0.717) is 23.1 Å². The molecule has 3 N–H and O–H groups in total. The van der Waals surface area contributed by atoms with Crippen molar-refractivity contribution in [1.29, 1.82) is 0 Å². The van der Waals surface area contributed by atoms with Crippen LogP contribution in [0.2, 0.25) is 0 Å². The maximum atomic E-state index is 6.15. The lowest BCUT2D eigenvalue weighted by Crippen LogP contribution is -2.03. The number of nitrogen functional groups attached to an aromatic ring is 1. The molecule has 134 valence electrons. The van der Waals surface area contributed by atoms with E-state index in [1.807, 2.05) is 54.6 Å². The van der Waals surface area contributed by atoms with Gasteiger partial charge in [-0.05, 0) is 42.8 Å². The first-order chi connectivity index (χ1) is 12.8. The largest absolute Gasteiger partial charge is 0.494 e. The monoisotopic (exact) mass is 350 g/mol. The third-order valence-electron chi connectivity index (χ3n) is 3.69. The third-order valence-corrected chi connectivity index (χ3v) is 3.69. The molecule has 0 amide bonds. The van der Waals surface area contributed by atoms with Crippen LogP contribution in [0.3, 0.4) is 0 Å². The second-order valence-electron chi connectivity index (χ2n) is 5.71. The van der Waals surface area contributed by atoms with Crippen LogP contribution in [0, 0.1) is 0 Å². The minimum atomic E-state index is 0.313. The smallest absolute Gasteiger partial charge is 0.248 e. The van der Waals surface area contributed by atoms with Gasteiger partial charge in [-0.2, -0.15) is 4.98 Å². The summed E-state index contributed by atoms with van der Waals surface area (Å²) in [4.78, 5) is 8.31. The molecule has 26 heavy (non-hydrogen) atoms. The van der Waals surface area contributed by atoms with E-state index in [0.717, 1.165) is 30.9 Å². The second-order valence-corrected chi connectivity index (χ2v) is 5.71. The standard InChI is InChI=1S/C20H22N4O2/c1-2-3-13-25-16-11-9-15(10-12-16)24-19-18(21)20(23-14-22-19)26-17-7-5-4-6-8-17/h4-12,14H,2-3,13,21H2,1H3,(H,22,23,24). The summed E-state index contributed by atoms with van der Waals surface area (Å²) in [6.07, 6.45) is 3.57. The number of aromatic nitrogens is 2. The minimum Gasteiger partial charge on any atom is -0.494 e. The van der Waals surface area contributed by atoms with Crippen molar-refractivity contribution in [3.8, 4) is 17.4 Å². The molecule has 0 saturated heterocycles. The van der Waals surface area contributed by atoms with Gasteiger partial charge in [-0.1, -0.05) is 31.5 Å². The van der Waals surface area contributed by atoms with Gasteiger partial charge in [-0.3, -0.25) is 0 Å². The lowest BCUT2D eigenvalue weighted by Gasteiger charge is -2.12. The molecule has 6 heteroatoms. The van der Waals surface area contributed by atoms with Crippen LogP contribution in [0.5, 0.6) is 17.4 Å². The van der Waals surface area contributed by atoms with Gasteiger partial charge in [0.15, 0.2) is 5.82 Å². The highest BCUT2D eigenvalue weighted by molar-refractivity contribution is 5.72. The fraction of sp³-hybridized carbons (Fsp3) is 0.200. The molecule has 0 fully saturated rings. The zero-order valence-corrected chi connectivity index (χ0v) is 14.7. The molecule has 0 aliphatic rings. The number of nitrogens with two attached hydrogens (primary N) is 1. The summed E-state index contributed by atoms with van der Waals surface area (Å²) in [7, 11) is 0. The Bertz CT molecular complexity index is 823. The fourth-order valence-corrected chi connectivity index (χ4v) is 2.27. The van der Waals surface area contributed by atoms with E-state index in [2.05, 4.69) is 22.2 Å². The van der Waals surface area contributed by atoms with Crippen molar-refractivity contribution in [1.82, 2.24) is 9.97 Å². The highest BCUT2D eigenvalue weighted by Crippen LogP contribution is 2.31. The highest BCUT2D eigenvalue weighted by Gasteiger charge is 2.10. The van der Waals surface area contributed by atoms with Crippen LogP contribution in [-0.4, -0.2) is 16.6 Å². The predicted molar refractivity (Wildman–Crippen MR) is 103 cm³/mol. The Hall–Kier alpha value is -3.28. The Labute approximate surface area is 153 Å². The zero-order chi connectivity index (χ0) is 18.2. The highest BCUT2D eigenvalue weighted by atomic mass is 16.5. The van der Waals surface area contributed by atoms with Crippen LogP contribution < -0.4 is 20.5 Å². The van der Waals surface area contributed by atoms with Crippen molar-refractivity contribution in [2.75, 3.05) is 17.7 Å². The van der Waals surface area contributed by atoms with E-state index >= 15 is 0 Å². The molecular weight excluding hydrogens is 328 g/mol. The van der Waals surface area contributed by atoms with Gasteiger partial charge < -0.3 is 20.5 Å². The molecule has 2 aromatic carbocycles. The zero-order valence-electron chi connectivity index (χ0n) is 14.7. The van der Waals surface area contributed by atoms with Crippen molar-refractivity contribution in [3.05, 3.63) is 60.9 Å². The third kappa shape index (κ3) is 4.63. The summed E-state index contributed by atoms with van der Waals surface area (Å²) in [5, 5.41) is 3.18. The lowest BCUT2D eigenvalue weighted by molar-refractivity contribution is 0.309. The van der Waals surface area contributed by atoms with Gasteiger partial charge in [0.05, 0.1) is 6.61 Å². The molecule has 3 rings (SSSR count). The Morgan fingerprint density at radius 1 is 0.962 bits per heavy atom. The lowest BCUT2D eigenvalue weighted by atomic mass is 10.3. The first-order valence-electron chi connectivity index (χ1n) is 8.59. The first-order valence-corrected chi connectivity index (χ1v) is 8.59. The molecule has 6 nitrogen and oxygen atoms in total. The molecule has 0 radical (unpaired) electrons. The number of ether oxygens (including phenoxy) is 2. The molecule has 1 aromatic heterocycles. The van der Waals surface area contributed by atoms with E-state index in [1.165, 1.54) is 6.33 Å². The average Bonchev–Trinajstić information content (AvgIpc) is 2.67. The Morgan fingerprint density at radius 3 is 2.46 bits per heavy atom. The Balaban J connectivity index is 1.69. The summed E-state index contributed by atoms with van der Waals surface area (Å²) >= 11 is 0. The summed E-state index contributed by atoms with van der Waals surface area (Å²) in [5.74, 6) is 2.31. The van der Waals surface area contributed by atoms with E-state index in [9.17, 15) is 0 Å². The Morgan fingerprint density at radius 2 is 1.73 bits per heavy atom. The number of benzene rings is 2. The summed E-state index contributed by atoms with van der Waals surface area (Å²) in [5.41, 5.74) is 7.35. The average molecular weight is 350 g/mol. The molecule has 0 aliphatic carbocycles. The minimum absolute atomic E-state index is 0.313. The van der Waals surface area contributed by atoms with Crippen molar-refractivity contribution in [2.45, 2.75) is 19.8 Å². The maximum absolute atomic E-state index is 6.15. The van der Waals surface area contributed by atoms with E-state index in [1.54, 1.807) is 0 Å². The molecule has 0 unspecified atom stereocenters. The molecule has 0 spiro atoms. The summed E-state index contributed by atoms with van der Waals surface area (Å²) < 4.78 is 11.4. The van der Waals surface area contributed by atoms with Crippen LogP contribution >= 0.6 is 0 Å². The van der Waals surface area contributed by atoms with Crippen LogP contribution in [0.1, 0.15) is 19.8 Å². The van der Waals surface area contributed by atoms with Gasteiger partial charge in [0.2, 0.25) is 5.88 Å². The number of anilines is 3. The summed E-state index contributed by atoms with van der Waals surface area (Å²) in [6.45, 7) is 2.86. The topological polar surface area (TPSA) is 82.3 Å². The van der Waals surface area contributed by atoms with Gasteiger partial charge >= 0.3 is 0 Å². The van der Waals surface area contributed by atoms with Gasteiger partial charge in [0.25, 0.3) is 0 Å². The van der Waals surface area contributed by atoms with Gasteiger partial charge in [0, 0.05) is 5.69 Å². The second kappa shape index (κ2) is 8.71. The fourth-order valence-electron chi connectivity index (χ4n) is 2.27. The van der Waals surface area contributed by atoms with Crippen LogP contribution in [0.15, 0.2) is 60.9 Å². The van der Waals surface area contributed by atoms with Crippen molar-refractivity contribution >= 4 is 17.2 Å². The maximum Gasteiger partial charge on any atom is 0.248 e. The van der Waals surface area contributed by atoms with Crippen LogP contribution in [0.4, 0.5) is 17.2 Å². The van der Waals surface area contributed by atoms with Gasteiger partial charge in [-0.25, -0.2) is 4.98 Å². The molecule has 0 atom stereocenters. The first kappa shape index (κ1) is 17.5. The molecule has 1 heterocycles. The molecular formula is C20H22N4O2. The van der Waals surface area contributed by atoms with E-state index in [-0.39, 0.29) is 0 Å². The SMILES string of the molecule is CCCCOc1ccc(Nc2ncnc(Oc3ccccc3)c2N)cc1. The number of rotatable bonds is 8. The molecule has 0 bridgehead atoms. The number of hydrogen-bond acceptors (Lipinski definition) is 6. The number of hydrogen-bond donors (Lipinski definition) is 2. The van der Waals surface area contributed by atoms with Crippen molar-refractivity contribution in [2.24, 2.45) is 0 Å². The molecule has 0 aliphatic heterocycles. The van der Waals surface area contributed by atoms with Gasteiger partial charge in [0.1, 0.15) is 23.5 Å². The van der Waals surface area contributed by atoms with Crippen molar-refractivity contribution in [3.63, 3.8) is 0 Å². The predicted octanol–water partition coefficient (Wildman–Crippen LogP) is 4.77. The number of nitrogens with zero attached hydrogens (tertiary/aromatic N) is 2. The van der Waals surface area contributed by atoms with E-state index < -0.39 is 0 Å². The normalized spacial score (nSPS) is 10.3. The van der Waals surface area contributed by atoms with Gasteiger partial charge in [-0.15, -0.1) is 0 Å². The molecule has 3 aromatic rings. The number of nitrogens with one attached hydrogen (secondary N) is 1. The number of unbranched alkanes of at least 4 members (excludes halogenated alkanes) is 1. The van der Waals surface area contributed by atoms with Crippen LogP contribution in [0.25, 0.3) is 0 Å². The molecule has 0 saturated carbocycles.